The molecule has 0 aliphatic heterocycles. The lowest BCUT2D eigenvalue weighted by Gasteiger charge is -2.28. The number of rotatable bonds is 1. The Morgan fingerprint density at radius 1 is 0.889 bits per heavy atom. The van der Waals surface area contributed by atoms with Gasteiger partial charge in [0.05, 0.1) is 5.43 Å². The smallest absolute Gasteiger partial charge is 0.0620 e. The van der Waals surface area contributed by atoms with E-state index < -0.39 is 0 Å². The van der Waals surface area contributed by atoms with Crippen molar-refractivity contribution in [1.29, 1.82) is 0 Å². The van der Waals surface area contributed by atoms with Gasteiger partial charge in [0.2, 0.25) is 0 Å². The quantitative estimate of drug-likeness (QED) is 0.637. The van der Waals surface area contributed by atoms with E-state index in [1.807, 2.05) is 6.20 Å². The highest BCUT2D eigenvalue weighted by atomic mass is 31.0. The van der Waals surface area contributed by atoms with Gasteiger partial charge in [0.15, 0.2) is 0 Å². The van der Waals surface area contributed by atoms with Gasteiger partial charge in [-0.05, 0) is 18.6 Å². The van der Waals surface area contributed by atoms with E-state index in [0.29, 0.717) is 5.41 Å². The van der Waals surface area contributed by atoms with Crippen LogP contribution < -0.4 is 0 Å². The normalized spacial score (nSPS) is 23.4. The van der Waals surface area contributed by atoms with Gasteiger partial charge >= 0.3 is 0 Å². The number of hydrogen-bond donors (Lipinski definition) is 0. The first-order valence-electron chi connectivity index (χ1n) is 7.81. The monoisotopic (exact) mass is 265 g/mol. The fourth-order valence-corrected chi connectivity index (χ4v) is 4.28. The molecule has 1 aromatic rings. The van der Waals surface area contributed by atoms with Crippen molar-refractivity contribution in [1.82, 2.24) is 4.98 Å². The zero-order chi connectivity index (χ0) is 12.7. The summed E-state index contributed by atoms with van der Waals surface area (Å²) in [7, 11) is 0.859. The van der Waals surface area contributed by atoms with Crippen molar-refractivity contribution in [3.05, 3.63) is 17.4 Å². The van der Waals surface area contributed by atoms with Gasteiger partial charge < -0.3 is 0 Å². The van der Waals surface area contributed by atoms with E-state index in [1.165, 1.54) is 76.1 Å². The van der Waals surface area contributed by atoms with Crippen LogP contribution in [0.5, 0.6) is 0 Å². The Hall–Kier alpha value is -0.290. The molecule has 0 saturated heterocycles. The van der Waals surface area contributed by atoms with Gasteiger partial charge in [-0.3, -0.25) is 4.98 Å². The fourth-order valence-electron chi connectivity index (χ4n) is 3.22. The molecule has 2 rings (SSSR count). The zero-order valence-corrected chi connectivity index (χ0v) is 12.9. The Labute approximate surface area is 114 Å². The molecule has 1 atom stereocenters. The molecule has 102 valence electrons. The molecule has 0 amide bonds. The van der Waals surface area contributed by atoms with Crippen LogP contribution in [0, 0.1) is 0 Å². The molecule has 1 saturated carbocycles. The summed E-state index contributed by atoms with van der Waals surface area (Å²) in [6, 6.07) is 0. The van der Waals surface area contributed by atoms with E-state index >= 15 is 0 Å². The predicted molar refractivity (Wildman–Crippen MR) is 81.9 cm³/mol. The maximum Gasteiger partial charge on any atom is 0.0620 e. The van der Waals surface area contributed by atoms with Gasteiger partial charge in [0.1, 0.15) is 0 Å². The number of hydrogen-bond acceptors (Lipinski definition) is 1. The molecule has 0 spiro atoms. The molecule has 0 N–H and O–H groups in total. The number of nitrogens with zero attached hydrogens (tertiary/aromatic N) is 1. The molecular weight excluding hydrogens is 237 g/mol. The first kappa shape index (κ1) is 14.1. The summed E-state index contributed by atoms with van der Waals surface area (Å²) < 4.78 is 0. The lowest BCUT2D eigenvalue weighted by molar-refractivity contribution is 0.355. The van der Waals surface area contributed by atoms with Crippen LogP contribution in [0.15, 0.2) is 12.0 Å². The minimum absolute atomic E-state index is 0.404. The van der Waals surface area contributed by atoms with E-state index in [4.69, 9.17) is 0 Å². The summed E-state index contributed by atoms with van der Waals surface area (Å²) >= 11 is 0. The average molecular weight is 265 g/mol. The molecule has 1 aliphatic rings. The molecule has 18 heavy (non-hydrogen) atoms. The standard InChI is InChI=1S/C16H28NP/c1-16(15-17-13-14-18-15)11-9-7-5-3-2-4-6-8-10-12-16/h13-14,18H,2-12H2,1H3. The molecular formula is C16H28NP. The third-order valence-corrected chi connectivity index (χ3v) is 5.85. The van der Waals surface area contributed by atoms with Crippen molar-refractivity contribution in [2.24, 2.45) is 0 Å². The van der Waals surface area contributed by atoms with Crippen LogP contribution >= 0.6 is 8.19 Å². The Morgan fingerprint density at radius 2 is 1.39 bits per heavy atom. The molecule has 1 aromatic heterocycles. The Bertz CT molecular complexity index is 306. The Balaban J connectivity index is 1.96. The van der Waals surface area contributed by atoms with Crippen LogP contribution in [0.2, 0.25) is 0 Å². The van der Waals surface area contributed by atoms with Crippen LogP contribution in [0.1, 0.15) is 83.0 Å². The SMILES string of the molecule is CC1(c2ncc[pH]2)CCCCCCCCCCC1. The molecule has 1 unspecified atom stereocenters. The lowest BCUT2D eigenvalue weighted by atomic mass is 9.80. The maximum absolute atomic E-state index is 4.65. The van der Waals surface area contributed by atoms with E-state index in [9.17, 15) is 0 Å². The first-order chi connectivity index (χ1) is 8.81. The Kier molecular flexibility index (Phi) is 5.76. The average Bonchev–Trinajstić information content (AvgIpc) is 2.88. The molecule has 1 fully saturated rings. The molecule has 1 aliphatic carbocycles. The van der Waals surface area contributed by atoms with Crippen LogP contribution in [-0.2, 0) is 5.41 Å². The van der Waals surface area contributed by atoms with Crippen molar-refractivity contribution in [3.8, 4) is 0 Å². The van der Waals surface area contributed by atoms with E-state index in [-0.39, 0.29) is 0 Å². The van der Waals surface area contributed by atoms with Crippen LogP contribution in [0.3, 0.4) is 0 Å². The van der Waals surface area contributed by atoms with Crippen molar-refractivity contribution < 1.29 is 0 Å². The van der Waals surface area contributed by atoms with Gasteiger partial charge in [-0.25, -0.2) is 0 Å². The van der Waals surface area contributed by atoms with E-state index in [0.717, 1.165) is 8.19 Å². The third-order valence-electron chi connectivity index (χ3n) is 4.53. The molecule has 1 heterocycles. The minimum Gasteiger partial charge on any atom is -0.256 e. The second kappa shape index (κ2) is 7.34. The molecule has 0 aromatic carbocycles. The molecule has 1 nitrogen and oxygen atoms in total. The summed E-state index contributed by atoms with van der Waals surface area (Å²) in [5.41, 5.74) is 1.89. The second-order valence-electron chi connectivity index (χ2n) is 6.18. The second-order valence-corrected chi connectivity index (χ2v) is 7.28. The summed E-state index contributed by atoms with van der Waals surface area (Å²) in [4.78, 5) is 4.65. The van der Waals surface area contributed by atoms with Crippen molar-refractivity contribution in [2.75, 3.05) is 0 Å². The third kappa shape index (κ3) is 4.12. The van der Waals surface area contributed by atoms with Gasteiger partial charge in [-0.15, -0.1) is 8.19 Å². The van der Waals surface area contributed by atoms with Crippen LogP contribution in [0.25, 0.3) is 0 Å². The van der Waals surface area contributed by atoms with E-state index in [2.05, 4.69) is 17.7 Å². The van der Waals surface area contributed by atoms with Crippen molar-refractivity contribution in [2.45, 2.75) is 83.0 Å². The molecule has 0 radical (unpaired) electrons. The summed E-state index contributed by atoms with van der Waals surface area (Å²) in [5, 5.41) is 0. The largest absolute Gasteiger partial charge is 0.256 e. The molecule has 0 bridgehead atoms. The zero-order valence-electron chi connectivity index (χ0n) is 11.9. The van der Waals surface area contributed by atoms with Crippen LogP contribution in [-0.4, -0.2) is 4.98 Å². The summed E-state index contributed by atoms with van der Waals surface area (Å²) in [5.74, 6) is 2.25. The highest BCUT2D eigenvalue weighted by Gasteiger charge is 2.27. The van der Waals surface area contributed by atoms with Crippen molar-refractivity contribution >= 4 is 8.19 Å². The maximum atomic E-state index is 4.65. The van der Waals surface area contributed by atoms with Gasteiger partial charge in [0.25, 0.3) is 0 Å². The van der Waals surface area contributed by atoms with Gasteiger partial charge in [-0.1, -0.05) is 64.7 Å². The lowest BCUT2D eigenvalue weighted by Crippen LogP contribution is -2.21. The van der Waals surface area contributed by atoms with Gasteiger partial charge in [-0.2, -0.15) is 0 Å². The number of aromatic nitrogens is 1. The highest BCUT2D eigenvalue weighted by Crippen LogP contribution is 2.38. The fraction of sp³-hybridized carbons (Fsp3) is 0.812. The predicted octanol–water partition coefficient (Wildman–Crippen LogP) is 5.68. The van der Waals surface area contributed by atoms with Crippen molar-refractivity contribution in [3.63, 3.8) is 0 Å². The van der Waals surface area contributed by atoms with Gasteiger partial charge in [0, 0.05) is 11.6 Å². The highest BCUT2D eigenvalue weighted by molar-refractivity contribution is 7.30. The minimum atomic E-state index is 0.404. The topological polar surface area (TPSA) is 12.9 Å². The summed E-state index contributed by atoms with van der Waals surface area (Å²) in [6.45, 7) is 2.47. The van der Waals surface area contributed by atoms with Crippen LogP contribution in [0.4, 0.5) is 0 Å². The van der Waals surface area contributed by atoms with E-state index in [1.54, 1.807) is 0 Å². The molecule has 2 heteroatoms. The summed E-state index contributed by atoms with van der Waals surface area (Å²) in [6.07, 6.45) is 17.7. The Morgan fingerprint density at radius 3 is 1.83 bits per heavy atom. The first-order valence-corrected chi connectivity index (χ1v) is 8.89.